The monoisotopic (exact) mass is 316 g/mol. The molecule has 0 spiro atoms. The van der Waals surface area contributed by atoms with Gasteiger partial charge < -0.3 is 9.84 Å². The van der Waals surface area contributed by atoms with Crippen molar-refractivity contribution in [1.82, 2.24) is 0 Å². The van der Waals surface area contributed by atoms with Crippen LogP contribution in [0.5, 0.6) is 5.75 Å². The summed E-state index contributed by atoms with van der Waals surface area (Å²) in [6.07, 6.45) is 2.04. The Morgan fingerprint density at radius 3 is 2.61 bits per heavy atom. The molecule has 1 fully saturated rings. The van der Waals surface area contributed by atoms with E-state index in [0.717, 1.165) is 10.9 Å². The van der Waals surface area contributed by atoms with Gasteiger partial charge in [-0.1, -0.05) is 12.1 Å². The number of rotatable bonds is 4. The highest BCUT2D eigenvalue weighted by molar-refractivity contribution is 5.86. The number of fused-ring (bicyclic) bond motifs is 1. The Morgan fingerprint density at radius 2 is 1.96 bits per heavy atom. The summed E-state index contributed by atoms with van der Waals surface area (Å²) < 4.78 is 20.0. The number of aliphatic hydroxyl groups is 1. The van der Waals surface area contributed by atoms with Crippen LogP contribution in [0.2, 0.25) is 0 Å². The number of aliphatic hydroxyl groups excluding tert-OH is 1. The number of benzene rings is 2. The average Bonchev–Trinajstić information content (AvgIpc) is 2.56. The van der Waals surface area contributed by atoms with Gasteiger partial charge in [0.1, 0.15) is 17.3 Å². The number of hydrogen-bond acceptors (Lipinski definition) is 3. The minimum absolute atomic E-state index is 0.0672. The molecule has 1 aliphatic carbocycles. The summed E-state index contributed by atoms with van der Waals surface area (Å²) in [7, 11) is 0. The predicted molar refractivity (Wildman–Crippen MR) is 87.3 cm³/mol. The number of ketones is 1. The van der Waals surface area contributed by atoms with Crippen molar-refractivity contribution in [2.24, 2.45) is 0 Å². The molecule has 0 heterocycles. The topological polar surface area (TPSA) is 46.5 Å². The van der Waals surface area contributed by atoms with Crippen molar-refractivity contribution < 1.29 is 19.0 Å². The zero-order valence-corrected chi connectivity index (χ0v) is 13.3. The van der Waals surface area contributed by atoms with Gasteiger partial charge in [-0.2, -0.15) is 0 Å². The van der Waals surface area contributed by atoms with Crippen LogP contribution in [0, 0.1) is 5.82 Å². The van der Waals surface area contributed by atoms with Crippen LogP contribution in [0.3, 0.4) is 0 Å². The van der Waals surface area contributed by atoms with Crippen molar-refractivity contribution in [2.45, 2.75) is 38.0 Å². The number of carbonyl (C=O) groups excluding carboxylic acids is 1. The third-order valence-electron chi connectivity index (χ3n) is 4.87. The van der Waals surface area contributed by atoms with Crippen molar-refractivity contribution in [3.8, 4) is 5.75 Å². The summed E-state index contributed by atoms with van der Waals surface area (Å²) in [6.45, 7) is 2.36. The Kier molecular flexibility index (Phi) is 4.35. The third kappa shape index (κ3) is 2.95. The molecule has 0 aliphatic heterocycles. The molecule has 0 aromatic heterocycles. The molecule has 0 radical (unpaired) electrons. The first-order chi connectivity index (χ1) is 11.1. The maximum Gasteiger partial charge on any atom is 0.132 e. The number of ether oxygens (including phenoxy) is 1. The van der Waals surface area contributed by atoms with E-state index < -0.39 is 5.41 Å². The predicted octanol–water partition coefficient (Wildman–Crippen LogP) is 3.75. The zero-order valence-electron chi connectivity index (χ0n) is 13.3. The van der Waals surface area contributed by atoms with Gasteiger partial charge >= 0.3 is 0 Å². The number of halogens is 1. The van der Waals surface area contributed by atoms with Crippen molar-refractivity contribution in [3.63, 3.8) is 0 Å². The molecule has 0 amide bonds. The summed E-state index contributed by atoms with van der Waals surface area (Å²) >= 11 is 0. The van der Waals surface area contributed by atoms with Gasteiger partial charge in [0.15, 0.2) is 0 Å². The Balaban J connectivity index is 2.05. The van der Waals surface area contributed by atoms with Crippen LogP contribution < -0.4 is 4.74 Å². The first-order valence-electron chi connectivity index (χ1n) is 8.07. The van der Waals surface area contributed by atoms with Crippen LogP contribution in [-0.4, -0.2) is 24.1 Å². The molecular weight excluding hydrogens is 295 g/mol. The van der Waals surface area contributed by atoms with Gasteiger partial charge in [0, 0.05) is 23.6 Å². The van der Waals surface area contributed by atoms with Crippen molar-refractivity contribution >= 4 is 16.6 Å². The molecule has 0 saturated heterocycles. The lowest BCUT2D eigenvalue weighted by molar-refractivity contribution is -0.121. The third-order valence-corrected chi connectivity index (χ3v) is 4.87. The summed E-state index contributed by atoms with van der Waals surface area (Å²) in [5.41, 5.74) is 0.267. The minimum Gasteiger partial charge on any atom is -0.494 e. The van der Waals surface area contributed by atoms with Crippen LogP contribution in [0.25, 0.3) is 10.8 Å². The fraction of sp³-hybridized carbons (Fsp3) is 0.421. The van der Waals surface area contributed by atoms with Gasteiger partial charge in [-0.3, -0.25) is 4.79 Å². The van der Waals surface area contributed by atoms with Crippen LogP contribution in [0.15, 0.2) is 30.3 Å². The normalized spacial score (nSPS) is 17.4. The lowest BCUT2D eigenvalue weighted by Gasteiger charge is -2.35. The van der Waals surface area contributed by atoms with E-state index in [0.29, 0.717) is 43.4 Å². The molecule has 0 atom stereocenters. The van der Waals surface area contributed by atoms with Crippen LogP contribution in [0.1, 0.15) is 38.2 Å². The Hall–Kier alpha value is -1.94. The van der Waals surface area contributed by atoms with Gasteiger partial charge in [0.25, 0.3) is 0 Å². The number of carbonyl (C=O) groups is 1. The van der Waals surface area contributed by atoms with Crippen molar-refractivity contribution in [2.75, 3.05) is 13.2 Å². The van der Waals surface area contributed by atoms with E-state index >= 15 is 0 Å². The molecule has 1 N–H and O–H groups in total. The van der Waals surface area contributed by atoms with Crippen LogP contribution >= 0.6 is 0 Å². The molecule has 4 heteroatoms. The maximum absolute atomic E-state index is 14.6. The van der Waals surface area contributed by atoms with E-state index in [4.69, 9.17) is 4.74 Å². The average molecular weight is 316 g/mol. The number of hydrogen-bond donors (Lipinski definition) is 1. The molecule has 1 aliphatic rings. The summed E-state index contributed by atoms with van der Waals surface area (Å²) in [4.78, 5) is 11.5. The zero-order chi connectivity index (χ0) is 16.4. The molecule has 2 aromatic rings. The van der Waals surface area contributed by atoms with Gasteiger partial charge in [0.05, 0.1) is 13.2 Å². The lowest BCUT2D eigenvalue weighted by atomic mass is 9.69. The van der Waals surface area contributed by atoms with Crippen LogP contribution in [-0.2, 0) is 10.2 Å². The maximum atomic E-state index is 14.6. The molecular formula is C19H21FO3. The quantitative estimate of drug-likeness (QED) is 0.934. The largest absolute Gasteiger partial charge is 0.494 e. The Bertz CT molecular complexity index is 729. The second-order valence-electron chi connectivity index (χ2n) is 6.25. The van der Waals surface area contributed by atoms with E-state index in [1.165, 1.54) is 6.07 Å². The lowest BCUT2D eigenvalue weighted by Crippen LogP contribution is -2.35. The SMILES string of the molecule is CCOc1ccc2cc(C3(CO)CCC(=O)CC3)cc(F)c2c1. The van der Waals surface area contributed by atoms with Crippen molar-refractivity contribution in [1.29, 1.82) is 0 Å². The number of Topliss-reactive ketones (excluding diaryl/α,β-unsaturated/α-hetero) is 1. The summed E-state index contributed by atoms with van der Waals surface area (Å²) in [5.74, 6) is 0.548. The van der Waals surface area contributed by atoms with Gasteiger partial charge in [-0.25, -0.2) is 4.39 Å². The molecule has 2 aromatic carbocycles. The Morgan fingerprint density at radius 1 is 1.22 bits per heavy atom. The van der Waals surface area contributed by atoms with Crippen LogP contribution in [0.4, 0.5) is 4.39 Å². The second kappa shape index (κ2) is 6.28. The van der Waals surface area contributed by atoms with E-state index in [1.54, 1.807) is 6.07 Å². The van der Waals surface area contributed by atoms with E-state index in [9.17, 15) is 14.3 Å². The highest BCUT2D eigenvalue weighted by Gasteiger charge is 2.36. The molecule has 1 saturated carbocycles. The second-order valence-corrected chi connectivity index (χ2v) is 6.25. The smallest absolute Gasteiger partial charge is 0.132 e. The minimum atomic E-state index is -0.512. The highest BCUT2D eigenvalue weighted by atomic mass is 19.1. The van der Waals surface area contributed by atoms with Gasteiger partial charge in [0.2, 0.25) is 0 Å². The Labute approximate surface area is 135 Å². The van der Waals surface area contributed by atoms with E-state index in [1.807, 2.05) is 25.1 Å². The summed E-state index contributed by atoms with van der Waals surface area (Å²) in [5, 5.41) is 11.2. The van der Waals surface area contributed by atoms with Crippen molar-refractivity contribution in [3.05, 3.63) is 41.7 Å². The first kappa shape index (κ1) is 15.9. The molecule has 23 heavy (non-hydrogen) atoms. The standard InChI is InChI=1S/C19H21FO3/c1-2-23-16-4-3-13-9-14(10-18(20)17(13)11-16)19(12-21)7-5-15(22)6-8-19/h3-4,9-11,21H,2,5-8,12H2,1H3. The summed E-state index contributed by atoms with van der Waals surface area (Å²) in [6, 6.07) is 8.80. The molecule has 122 valence electrons. The van der Waals surface area contributed by atoms with E-state index in [2.05, 4.69) is 0 Å². The van der Waals surface area contributed by atoms with Gasteiger partial charge in [-0.05, 0) is 48.9 Å². The molecule has 0 unspecified atom stereocenters. The fourth-order valence-electron chi connectivity index (χ4n) is 3.40. The molecule has 3 rings (SSSR count). The molecule has 0 bridgehead atoms. The highest BCUT2D eigenvalue weighted by Crippen LogP contribution is 2.40. The van der Waals surface area contributed by atoms with E-state index in [-0.39, 0.29) is 18.2 Å². The molecule has 3 nitrogen and oxygen atoms in total. The van der Waals surface area contributed by atoms with Gasteiger partial charge in [-0.15, -0.1) is 0 Å². The first-order valence-corrected chi connectivity index (χ1v) is 8.07. The fourth-order valence-corrected chi connectivity index (χ4v) is 3.40.